The minimum absolute atomic E-state index is 0.262. The number of hydrogen-bond acceptors (Lipinski definition) is 5. The first-order valence-corrected chi connectivity index (χ1v) is 11.1. The number of aldehydes is 1. The molecule has 0 aromatic heterocycles. The molecule has 1 fully saturated rings. The number of carbonyl (C=O) groups is 1. The lowest BCUT2D eigenvalue weighted by molar-refractivity contribution is -0.108. The minimum Gasteiger partial charge on any atom is -0.494 e. The zero-order valence-corrected chi connectivity index (χ0v) is 17.8. The van der Waals surface area contributed by atoms with E-state index in [1.165, 1.54) is 0 Å². The van der Waals surface area contributed by atoms with E-state index in [1.807, 2.05) is 30.3 Å². The van der Waals surface area contributed by atoms with Gasteiger partial charge < -0.3 is 19.0 Å². The highest BCUT2D eigenvalue weighted by Crippen LogP contribution is 2.49. The van der Waals surface area contributed by atoms with Crippen LogP contribution in [0.15, 0.2) is 36.4 Å². The lowest BCUT2D eigenvalue weighted by Crippen LogP contribution is -2.37. The highest BCUT2D eigenvalue weighted by Gasteiger charge is 2.31. The van der Waals surface area contributed by atoms with Crippen LogP contribution in [0, 0.1) is 0 Å². The largest absolute Gasteiger partial charge is 0.494 e. The number of hydrogen-bond donors (Lipinski definition) is 0. The summed E-state index contributed by atoms with van der Waals surface area (Å²) in [4.78, 5) is 14.4. The van der Waals surface area contributed by atoms with Crippen molar-refractivity contribution in [3.63, 3.8) is 0 Å². The van der Waals surface area contributed by atoms with Gasteiger partial charge in [0.2, 0.25) is 0 Å². The summed E-state index contributed by atoms with van der Waals surface area (Å²) in [5, 5.41) is 0. The topological polar surface area (TPSA) is 48.0 Å². The first kappa shape index (κ1) is 20.9. The summed E-state index contributed by atoms with van der Waals surface area (Å²) >= 11 is 0. The molecule has 5 heteroatoms. The van der Waals surface area contributed by atoms with Gasteiger partial charge >= 0.3 is 0 Å². The Morgan fingerprint density at radius 2 is 1.90 bits per heavy atom. The van der Waals surface area contributed by atoms with E-state index in [1.54, 1.807) is 0 Å². The number of nitrogens with zero attached hydrogens (tertiary/aromatic N) is 1. The van der Waals surface area contributed by atoms with Crippen molar-refractivity contribution in [1.29, 1.82) is 0 Å². The molecule has 0 saturated carbocycles. The maximum absolute atomic E-state index is 12.0. The van der Waals surface area contributed by atoms with Gasteiger partial charge in [-0.1, -0.05) is 31.5 Å². The van der Waals surface area contributed by atoms with Gasteiger partial charge in [-0.25, -0.2) is 0 Å². The van der Waals surface area contributed by atoms with Gasteiger partial charge in [-0.15, -0.1) is 0 Å². The van der Waals surface area contributed by atoms with Gasteiger partial charge in [0.1, 0.15) is 17.8 Å². The minimum atomic E-state index is -0.262. The maximum atomic E-state index is 12.0. The molecular formula is C25H31NO4. The SMILES string of the molecule is CCCCOc1ccc2c(c1)C(C=O)c1cccc(OCCCN3CCOCC3)c1-2. The molecular weight excluding hydrogens is 378 g/mol. The fourth-order valence-electron chi connectivity index (χ4n) is 4.27. The second kappa shape index (κ2) is 10.1. The number of rotatable bonds is 10. The monoisotopic (exact) mass is 409 g/mol. The third-order valence-electron chi connectivity index (χ3n) is 5.90. The van der Waals surface area contributed by atoms with Crippen LogP contribution in [0.3, 0.4) is 0 Å². The fraction of sp³-hybridized carbons (Fsp3) is 0.480. The number of benzene rings is 2. The second-order valence-electron chi connectivity index (χ2n) is 7.94. The van der Waals surface area contributed by atoms with Crippen LogP contribution >= 0.6 is 0 Å². The molecule has 0 N–H and O–H groups in total. The Bertz CT molecular complexity index is 860. The van der Waals surface area contributed by atoms with Gasteiger partial charge in [-0.05, 0) is 47.7 Å². The third kappa shape index (κ3) is 4.52. The zero-order chi connectivity index (χ0) is 20.8. The Kier molecular flexibility index (Phi) is 7.03. The van der Waals surface area contributed by atoms with Crippen molar-refractivity contribution in [2.24, 2.45) is 0 Å². The van der Waals surface area contributed by atoms with E-state index < -0.39 is 0 Å². The first-order chi connectivity index (χ1) is 14.8. The smallest absolute Gasteiger partial charge is 0.131 e. The van der Waals surface area contributed by atoms with E-state index in [9.17, 15) is 4.79 Å². The number of unbranched alkanes of at least 4 members (excludes halogenated alkanes) is 1. The molecule has 30 heavy (non-hydrogen) atoms. The van der Waals surface area contributed by atoms with Crippen LogP contribution in [0.25, 0.3) is 11.1 Å². The summed E-state index contributed by atoms with van der Waals surface area (Å²) < 4.78 is 17.5. The number of fused-ring (bicyclic) bond motifs is 3. The Labute approximate surface area is 178 Å². The Morgan fingerprint density at radius 1 is 1.07 bits per heavy atom. The highest BCUT2D eigenvalue weighted by molar-refractivity contribution is 5.91. The first-order valence-electron chi connectivity index (χ1n) is 11.1. The summed E-state index contributed by atoms with van der Waals surface area (Å²) in [6.07, 6.45) is 4.12. The number of ether oxygens (including phenoxy) is 3. The predicted molar refractivity (Wildman–Crippen MR) is 118 cm³/mol. The predicted octanol–water partition coefficient (Wildman–Crippen LogP) is 4.28. The maximum Gasteiger partial charge on any atom is 0.131 e. The lowest BCUT2D eigenvalue weighted by Gasteiger charge is -2.26. The van der Waals surface area contributed by atoms with Crippen LogP contribution in [0.2, 0.25) is 0 Å². The summed E-state index contributed by atoms with van der Waals surface area (Å²) in [5.41, 5.74) is 4.17. The van der Waals surface area contributed by atoms with Gasteiger partial charge in [-0.2, -0.15) is 0 Å². The summed E-state index contributed by atoms with van der Waals surface area (Å²) in [7, 11) is 0. The summed E-state index contributed by atoms with van der Waals surface area (Å²) in [6, 6.07) is 12.1. The molecule has 1 atom stereocenters. The summed E-state index contributed by atoms with van der Waals surface area (Å²) in [5.74, 6) is 1.43. The molecule has 1 heterocycles. The lowest BCUT2D eigenvalue weighted by atomic mass is 9.98. The van der Waals surface area contributed by atoms with Crippen molar-refractivity contribution in [2.75, 3.05) is 46.1 Å². The van der Waals surface area contributed by atoms with E-state index in [0.29, 0.717) is 13.2 Å². The molecule has 5 nitrogen and oxygen atoms in total. The average Bonchev–Trinajstić information content (AvgIpc) is 3.11. The molecule has 2 aromatic carbocycles. The normalized spacial score (nSPS) is 18.0. The van der Waals surface area contributed by atoms with Crippen molar-refractivity contribution in [3.05, 3.63) is 47.5 Å². The summed E-state index contributed by atoms with van der Waals surface area (Å²) in [6.45, 7) is 8.16. The van der Waals surface area contributed by atoms with Crippen LogP contribution in [-0.2, 0) is 9.53 Å². The molecule has 0 spiro atoms. The van der Waals surface area contributed by atoms with E-state index in [4.69, 9.17) is 14.2 Å². The highest BCUT2D eigenvalue weighted by atomic mass is 16.5. The van der Waals surface area contributed by atoms with Crippen molar-refractivity contribution >= 4 is 6.29 Å². The Balaban J connectivity index is 1.47. The van der Waals surface area contributed by atoms with Crippen molar-refractivity contribution in [2.45, 2.75) is 32.1 Å². The van der Waals surface area contributed by atoms with Gasteiger partial charge in [0.05, 0.1) is 32.3 Å². The van der Waals surface area contributed by atoms with Crippen LogP contribution in [0.5, 0.6) is 11.5 Å². The van der Waals surface area contributed by atoms with Gasteiger partial charge in [0, 0.05) is 25.2 Å². The molecule has 1 aliphatic heterocycles. The van der Waals surface area contributed by atoms with Gasteiger partial charge in [0.15, 0.2) is 0 Å². The molecule has 1 saturated heterocycles. The van der Waals surface area contributed by atoms with E-state index in [0.717, 1.165) is 92.1 Å². The molecule has 1 aliphatic carbocycles. The quantitative estimate of drug-likeness (QED) is 0.433. The Hall–Kier alpha value is -2.37. The van der Waals surface area contributed by atoms with Gasteiger partial charge in [-0.3, -0.25) is 4.90 Å². The van der Waals surface area contributed by atoms with E-state index >= 15 is 0 Å². The van der Waals surface area contributed by atoms with Crippen molar-refractivity contribution < 1.29 is 19.0 Å². The molecule has 2 aromatic rings. The number of morpholine rings is 1. The van der Waals surface area contributed by atoms with Crippen LogP contribution in [-0.4, -0.2) is 57.2 Å². The Morgan fingerprint density at radius 3 is 2.70 bits per heavy atom. The molecule has 0 radical (unpaired) electrons. The van der Waals surface area contributed by atoms with Crippen molar-refractivity contribution in [1.82, 2.24) is 4.90 Å². The van der Waals surface area contributed by atoms with Crippen molar-refractivity contribution in [3.8, 4) is 22.6 Å². The zero-order valence-electron chi connectivity index (χ0n) is 17.8. The van der Waals surface area contributed by atoms with Crippen LogP contribution in [0.1, 0.15) is 43.2 Å². The average molecular weight is 410 g/mol. The molecule has 0 bridgehead atoms. The van der Waals surface area contributed by atoms with Crippen LogP contribution < -0.4 is 9.47 Å². The third-order valence-corrected chi connectivity index (χ3v) is 5.90. The van der Waals surface area contributed by atoms with Crippen LogP contribution in [0.4, 0.5) is 0 Å². The number of carbonyl (C=O) groups excluding carboxylic acids is 1. The second-order valence-corrected chi connectivity index (χ2v) is 7.94. The van der Waals surface area contributed by atoms with E-state index in [-0.39, 0.29) is 5.92 Å². The fourth-order valence-corrected chi connectivity index (χ4v) is 4.27. The molecule has 1 unspecified atom stereocenters. The van der Waals surface area contributed by atoms with E-state index in [2.05, 4.69) is 17.9 Å². The standard InChI is InChI=1S/C25H31NO4/c1-2-3-13-29-19-8-9-21-22(17-19)23(18-27)20-6-4-7-24(25(20)21)30-14-5-10-26-11-15-28-16-12-26/h4,6-9,17-18,23H,2-3,5,10-16H2,1H3. The molecule has 4 rings (SSSR count). The van der Waals surface area contributed by atoms with Gasteiger partial charge in [0.25, 0.3) is 0 Å². The molecule has 0 amide bonds. The molecule has 2 aliphatic rings. The molecule has 160 valence electrons.